The Labute approximate surface area is 187 Å². The van der Waals surface area contributed by atoms with Crippen LogP contribution in [-0.2, 0) is 16.1 Å². The predicted octanol–water partition coefficient (Wildman–Crippen LogP) is 4.57. The maximum absolute atomic E-state index is 12.7. The van der Waals surface area contributed by atoms with E-state index in [4.69, 9.17) is 9.15 Å². The minimum Gasteiger partial charge on any atom is -0.464 e. The summed E-state index contributed by atoms with van der Waals surface area (Å²) >= 11 is 2.57. The van der Waals surface area contributed by atoms with Gasteiger partial charge in [0.15, 0.2) is 5.16 Å². The first-order chi connectivity index (χ1) is 15.1. The highest BCUT2D eigenvalue weighted by Crippen LogP contribution is 2.40. The van der Waals surface area contributed by atoms with E-state index < -0.39 is 5.97 Å². The molecule has 1 aliphatic rings. The molecule has 1 fully saturated rings. The van der Waals surface area contributed by atoms with E-state index in [1.165, 1.54) is 29.4 Å². The van der Waals surface area contributed by atoms with E-state index in [0.717, 1.165) is 18.7 Å². The highest BCUT2D eigenvalue weighted by Gasteiger charge is 2.30. The summed E-state index contributed by atoms with van der Waals surface area (Å²) < 4.78 is 12.6. The second-order valence-corrected chi connectivity index (χ2v) is 8.72. The van der Waals surface area contributed by atoms with Gasteiger partial charge in [-0.3, -0.25) is 4.79 Å². The lowest BCUT2D eigenvalue weighted by Crippen LogP contribution is -2.17. The third kappa shape index (κ3) is 4.75. The first-order valence-electron chi connectivity index (χ1n) is 9.91. The van der Waals surface area contributed by atoms with Crippen LogP contribution in [0.5, 0.6) is 0 Å². The van der Waals surface area contributed by atoms with Crippen molar-refractivity contribution in [3.63, 3.8) is 0 Å². The van der Waals surface area contributed by atoms with Gasteiger partial charge >= 0.3 is 5.97 Å². The molecule has 0 radical (unpaired) electrons. The molecule has 1 N–H and O–H groups in total. The summed E-state index contributed by atoms with van der Waals surface area (Å²) in [5.74, 6) is 1.33. The van der Waals surface area contributed by atoms with E-state index in [0.29, 0.717) is 39.5 Å². The van der Waals surface area contributed by atoms with E-state index in [-0.39, 0.29) is 18.3 Å². The van der Waals surface area contributed by atoms with Gasteiger partial charge in [0.1, 0.15) is 22.1 Å². The smallest absolute Gasteiger partial charge is 0.341 e. The van der Waals surface area contributed by atoms with E-state index in [1.54, 1.807) is 30.5 Å². The molecule has 8 nitrogen and oxygen atoms in total. The van der Waals surface area contributed by atoms with Crippen LogP contribution in [0.4, 0.5) is 5.00 Å². The molecule has 3 aromatic rings. The fourth-order valence-corrected chi connectivity index (χ4v) is 4.82. The molecule has 0 bridgehead atoms. The summed E-state index contributed by atoms with van der Waals surface area (Å²) in [7, 11) is 0. The summed E-state index contributed by atoms with van der Waals surface area (Å²) in [5, 5.41) is 14.3. The van der Waals surface area contributed by atoms with Crippen molar-refractivity contribution in [1.29, 1.82) is 0 Å². The van der Waals surface area contributed by atoms with Gasteiger partial charge in [0, 0.05) is 23.4 Å². The van der Waals surface area contributed by atoms with Gasteiger partial charge in [-0.2, -0.15) is 0 Å². The van der Waals surface area contributed by atoms with Gasteiger partial charge in [0.2, 0.25) is 5.91 Å². The van der Waals surface area contributed by atoms with Crippen LogP contribution >= 0.6 is 23.1 Å². The average Bonchev–Trinajstić information content (AvgIpc) is 3.15. The number of rotatable bonds is 10. The molecule has 0 aliphatic heterocycles. The van der Waals surface area contributed by atoms with Gasteiger partial charge in [0.05, 0.1) is 18.6 Å². The van der Waals surface area contributed by atoms with E-state index in [2.05, 4.69) is 22.1 Å². The molecule has 1 amide bonds. The lowest BCUT2D eigenvalue weighted by Gasteiger charge is -2.09. The second kappa shape index (κ2) is 9.52. The summed E-state index contributed by atoms with van der Waals surface area (Å²) in [6.45, 7) is 6.37. The standard InChI is InChI=1S/C21H22N4O4S2/c1-3-9-25-18(13-7-8-13)23-24-21(25)31-12-16(26)22-19-17(20(27)28-4-2)14(11-30-19)15-6-5-10-29-15/h3,5-6,10-11,13H,1,4,7-9,12H2,2H3,(H,22,26). The number of thiophene rings is 1. The topological polar surface area (TPSA) is 99.3 Å². The Morgan fingerprint density at radius 2 is 2.29 bits per heavy atom. The fourth-order valence-electron chi connectivity index (χ4n) is 3.11. The van der Waals surface area contributed by atoms with Crippen molar-refractivity contribution >= 4 is 40.0 Å². The van der Waals surface area contributed by atoms with Gasteiger partial charge < -0.3 is 19.0 Å². The zero-order valence-electron chi connectivity index (χ0n) is 17.0. The monoisotopic (exact) mass is 458 g/mol. The van der Waals surface area contributed by atoms with Crippen LogP contribution in [-0.4, -0.2) is 39.0 Å². The van der Waals surface area contributed by atoms with Crippen LogP contribution < -0.4 is 5.32 Å². The number of furan rings is 1. The van der Waals surface area contributed by atoms with E-state index >= 15 is 0 Å². The number of carbonyl (C=O) groups is 2. The maximum atomic E-state index is 12.7. The third-order valence-corrected chi connectivity index (χ3v) is 6.50. The normalized spacial score (nSPS) is 13.2. The molecule has 0 saturated heterocycles. The van der Waals surface area contributed by atoms with Crippen molar-refractivity contribution < 1.29 is 18.7 Å². The molecular weight excluding hydrogens is 436 g/mol. The SMILES string of the molecule is C=CCn1c(SCC(=O)Nc2scc(-c3ccco3)c2C(=O)OCC)nnc1C1CC1. The van der Waals surface area contributed by atoms with Crippen LogP contribution in [0.25, 0.3) is 11.3 Å². The summed E-state index contributed by atoms with van der Waals surface area (Å²) in [5.41, 5.74) is 0.891. The molecular formula is C21H22N4O4S2. The molecule has 0 spiro atoms. The predicted molar refractivity (Wildman–Crippen MR) is 120 cm³/mol. The molecule has 3 aromatic heterocycles. The number of nitrogens with zero attached hydrogens (tertiary/aromatic N) is 3. The number of ether oxygens (including phenoxy) is 1. The molecule has 1 saturated carbocycles. The van der Waals surface area contributed by atoms with Gasteiger partial charge in [-0.05, 0) is 31.9 Å². The number of carbonyl (C=O) groups excluding carboxylic acids is 2. The zero-order chi connectivity index (χ0) is 21.8. The third-order valence-electron chi connectivity index (χ3n) is 4.64. The number of hydrogen-bond donors (Lipinski definition) is 1. The molecule has 0 atom stereocenters. The lowest BCUT2D eigenvalue weighted by atomic mass is 10.1. The molecule has 31 heavy (non-hydrogen) atoms. The minimum atomic E-state index is -0.502. The first-order valence-corrected chi connectivity index (χ1v) is 11.8. The van der Waals surface area contributed by atoms with Crippen LogP contribution in [0.3, 0.4) is 0 Å². The quantitative estimate of drug-likeness (QED) is 0.270. The molecule has 3 heterocycles. The number of anilines is 1. The van der Waals surface area contributed by atoms with Crippen molar-refractivity contribution in [1.82, 2.24) is 14.8 Å². The van der Waals surface area contributed by atoms with Gasteiger partial charge in [-0.1, -0.05) is 17.8 Å². The maximum Gasteiger partial charge on any atom is 0.341 e. The summed E-state index contributed by atoms with van der Waals surface area (Å²) in [6.07, 6.45) is 5.57. The Morgan fingerprint density at radius 3 is 2.97 bits per heavy atom. The van der Waals surface area contributed by atoms with Crippen LogP contribution in [0.1, 0.15) is 41.9 Å². The summed E-state index contributed by atoms with van der Waals surface area (Å²) in [6, 6.07) is 3.50. The largest absolute Gasteiger partial charge is 0.464 e. The Balaban J connectivity index is 1.48. The van der Waals surface area contributed by atoms with Gasteiger partial charge in [-0.15, -0.1) is 28.1 Å². The number of nitrogens with one attached hydrogen (secondary N) is 1. The number of allylic oxidation sites excluding steroid dienone is 1. The van der Waals surface area contributed by atoms with Crippen LogP contribution in [0.15, 0.2) is 46.0 Å². The molecule has 0 aromatic carbocycles. The number of amides is 1. The molecule has 0 unspecified atom stereocenters. The van der Waals surface area contributed by atoms with Crippen LogP contribution in [0, 0.1) is 0 Å². The van der Waals surface area contributed by atoms with Crippen molar-refractivity contribution in [3.8, 4) is 11.3 Å². The van der Waals surface area contributed by atoms with Gasteiger partial charge in [0.25, 0.3) is 0 Å². The highest BCUT2D eigenvalue weighted by atomic mass is 32.2. The molecule has 1 aliphatic carbocycles. The number of aromatic nitrogens is 3. The Kier molecular flexibility index (Phi) is 6.57. The lowest BCUT2D eigenvalue weighted by molar-refractivity contribution is -0.113. The molecule has 4 rings (SSSR count). The Hall–Kier alpha value is -2.85. The van der Waals surface area contributed by atoms with Crippen molar-refractivity contribution in [3.05, 3.63) is 47.8 Å². The second-order valence-electron chi connectivity index (χ2n) is 6.90. The van der Waals surface area contributed by atoms with Crippen molar-refractivity contribution in [2.75, 3.05) is 17.7 Å². The van der Waals surface area contributed by atoms with Gasteiger partial charge in [-0.25, -0.2) is 4.79 Å². The molecule has 10 heteroatoms. The highest BCUT2D eigenvalue weighted by molar-refractivity contribution is 7.99. The zero-order valence-corrected chi connectivity index (χ0v) is 18.6. The summed E-state index contributed by atoms with van der Waals surface area (Å²) in [4.78, 5) is 25.2. The number of thioether (sulfide) groups is 1. The number of esters is 1. The Morgan fingerprint density at radius 1 is 1.45 bits per heavy atom. The minimum absolute atomic E-state index is 0.135. The number of hydrogen-bond acceptors (Lipinski definition) is 8. The van der Waals surface area contributed by atoms with Crippen molar-refractivity contribution in [2.45, 2.75) is 37.4 Å². The average molecular weight is 459 g/mol. The Bertz CT molecular complexity index is 1080. The van der Waals surface area contributed by atoms with E-state index in [1.807, 2.05) is 4.57 Å². The molecule has 162 valence electrons. The van der Waals surface area contributed by atoms with Crippen molar-refractivity contribution in [2.24, 2.45) is 0 Å². The fraction of sp³-hybridized carbons (Fsp3) is 0.333. The van der Waals surface area contributed by atoms with E-state index in [9.17, 15) is 9.59 Å². The van der Waals surface area contributed by atoms with Crippen LogP contribution in [0.2, 0.25) is 0 Å². The first kappa shape index (κ1) is 21.4.